The van der Waals surface area contributed by atoms with Gasteiger partial charge in [-0.1, -0.05) is 0 Å². The van der Waals surface area contributed by atoms with Crippen molar-refractivity contribution in [2.45, 2.75) is 26.3 Å². The highest BCUT2D eigenvalue weighted by Crippen LogP contribution is 2.34. The number of aryl methyl sites for hydroxylation is 2. The first-order chi connectivity index (χ1) is 10.7. The van der Waals surface area contributed by atoms with Crippen LogP contribution in [0.4, 0.5) is 0 Å². The van der Waals surface area contributed by atoms with Gasteiger partial charge in [0.25, 0.3) is 0 Å². The lowest BCUT2D eigenvalue weighted by Crippen LogP contribution is -2.68. The molecule has 8 heteroatoms. The maximum Gasteiger partial charge on any atom is 0.189 e. The maximum atomic E-state index is 8.49. The minimum atomic E-state index is -4.94. The van der Waals surface area contributed by atoms with E-state index < -0.39 is 10.2 Å². The molecule has 23 heavy (non-hydrogen) atoms. The summed E-state index contributed by atoms with van der Waals surface area (Å²) in [6.45, 7) is 3.30. The van der Waals surface area contributed by atoms with Gasteiger partial charge >= 0.3 is 0 Å². The first-order valence-corrected chi connectivity index (χ1v) is 8.18. The van der Waals surface area contributed by atoms with E-state index in [0.717, 1.165) is 24.5 Å². The average molecular weight is 344 g/mol. The van der Waals surface area contributed by atoms with Crippen LogP contribution in [-0.2, 0) is 13.0 Å². The van der Waals surface area contributed by atoms with E-state index in [1.54, 1.807) is 14.2 Å². The van der Waals surface area contributed by atoms with Gasteiger partial charge < -0.3 is 9.47 Å². The van der Waals surface area contributed by atoms with Crippen molar-refractivity contribution in [1.82, 2.24) is 0 Å². The average Bonchev–Trinajstić information content (AvgIpc) is 2.94. The molecule has 0 saturated carbocycles. The number of fused-ring (bicyclic) bond motifs is 3. The van der Waals surface area contributed by atoms with Crippen molar-refractivity contribution in [2.24, 2.45) is 0 Å². The molecule has 2 heterocycles. The standard InChI is InChI=1S/C15H18NO2.ClHO4/c1-10-7-11-8-14(17-2)15(18-3)9-12(11)13-5-4-6-16(10)13;2-1(3,4)5/h7-9H,4-6H2,1-3H3;(H,2,3,4,5)/q+1;/p-1. The topological polar surface area (TPSA) is 115 Å². The molecule has 0 spiro atoms. The van der Waals surface area contributed by atoms with Crippen molar-refractivity contribution in [3.8, 4) is 11.5 Å². The van der Waals surface area contributed by atoms with E-state index in [0.29, 0.717) is 0 Å². The second kappa shape index (κ2) is 6.86. The summed E-state index contributed by atoms with van der Waals surface area (Å²) in [5.41, 5.74) is 2.74. The normalized spacial score (nSPS) is 13.3. The molecule has 3 rings (SSSR count). The van der Waals surface area contributed by atoms with E-state index in [9.17, 15) is 0 Å². The Kier molecular flexibility index (Phi) is 5.28. The monoisotopic (exact) mass is 343 g/mol. The SMILES string of the molecule is COc1cc2cc(C)[n+]3c(c2cc1OC)CCC3.[O-][Cl+3]([O-])([O-])[O-]. The number of rotatable bonds is 2. The van der Waals surface area contributed by atoms with E-state index in [2.05, 4.69) is 29.7 Å². The number of hydrogen-bond acceptors (Lipinski definition) is 6. The first-order valence-electron chi connectivity index (χ1n) is 6.94. The molecular formula is C15H18ClNO6. The van der Waals surface area contributed by atoms with Crippen LogP contribution in [0.2, 0.25) is 0 Å². The van der Waals surface area contributed by atoms with Gasteiger partial charge in [-0.15, -0.1) is 10.2 Å². The van der Waals surface area contributed by atoms with Crippen molar-refractivity contribution in [2.75, 3.05) is 14.2 Å². The predicted molar refractivity (Wildman–Crippen MR) is 70.3 cm³/mol. The molecule has 7 nitrogen and oxygen atoms in total. The number of pyridine rings is 1. The molecule has 1 aromatic carbocycles. The minimum absolute atomic E-state index is 0.798. The van der Waals surface area contributed by atoms with Crippen LogP contribution in [0.25, 0.3) is 10.8 Å². The largest absolute Gasteiger partial charge is 0.493 e. The Labute approximate surface area is 136 Å². The fraction of sp³-hybridized carbons (Fsp3) is 0.400. The highest BCUT2D eigenvalue weighted by atomic mass is 35.7. The van der Waals surface area contributed by atoms with Gasteiger partial charge in [0.1, 0.15) is 6.54 Å². The number of aromatic nitrogens is 1. The molecule has 0 amide bonds. The third-order valence-corrected chi connectivity index (χ3v) is 3.78. The van der Waals surface area contributed by atoms with Gasteiger partial charge in [0.2, 0.25) is 0 Å². The Balaban J connectivity index is 0.000000338. The smallest absolute Gasteiger partial charge is 0.189 e. The molecule has 126 valence electrons. The van der Waals surface area contributed by atoms with Gasteiger partial charge in [-0.05, 0) is 17.5 Å². The molecule has 0 aliphatic carbocycles. The van der Waals surface area contributed by atoms with Crippen LogP contribution in [0.15, 0.2) is 18.2 Å². The minimum Gasteiger partial charge on any atom is -0.493 e. The quantitative estimate of drug-likeness (QED) is 0.564. The van der Waals surface area contributed by atoms with Crippen molar-refractivity contribution in [3.63, 3.8) is 0 Å². The second-order valence-corrected chi connectivity index (χ2v) is 5.92. The van der Waals surface area contributed by atoms with Gasteiger partial charge in [0.15, 0.2) is 22.9 Å². The summed E-state index contributed by atoms with van der Waals surface area (Å²) < 4.78 is 47.2. The molecule has 0 N–H and O–H groups in total. The van der Waals surface area contributed by atoms with Gasteiger partial charge in [-0.3, -0.25) is 0 Å². The van der Waals surface area contributed by atoms with Crippen LogP contribution < -0.4 is 32.7 Å². The molecule has 1 aliphatic rings. The number of halogens is 1. The zero-order chi connectivity index (χ0) is 17.2. The molecule has 0 radical (unpaired) electrons. The summed E-state index contributed by atoms with van der Waals surface area (Å²) in [6.07, 6.45) is 2.38. The third kappa shape index (κ3) is 4.21. The Bertz CT molecular complexity index is 707. The van der Waals surface area contributed by atoms with Crippen LogP contribution in [0.1, 0.15) is 17.8 Å². The van der Waals surface area contributed by atoms with Gasteiger partial charge in [-0.2, -0.15) is 4.57 Å². The highest BCUT2D eigenvalue weighted by Gasteiger charge is 2.25. The lowest BCUT2D eigenvalue weighted by atomic mass is 10.1. The Morgan fingerprint density at radius 3 is 2.13 bits per heavy atom. The van der Waals surface area contributed by atoms with Crippen LogP contribution >= 0.6 is 0 Å². The fourth-order valence-electron chi connectivity index (χ4n) is 2.91. The van der Waals surface area contributed by atoms with E-state index in [1.807, 2.05) is 0 Å². The molecule has 0 saturated heterocycles. The van der Waals surface area contributed by atoms with Crippen molar-refractivity contribution >= 4 is 10.8 Å². The summed E-state index contributed by atoms with van der Waals surface area (Å²) in [5.74, 6) is 1.61. The van der Waals surface area contributed by atoms with Crippen molar-refractivity contribution in [3.05, 3.63) is 29.6 Å². The van der Waals surface area contributed by atoms with Crippen LogP contribution in [0.5, 0.6) is 11.5 Å². The summed E-state index contributed by atoms with van der Waals surface area (Å²) in [7, 11) is -1.58. The molecule has 0 atom stereocenters. The number of nitrogens with zero attached hydrogens (tertiary/aromatic N) is 1. The molecule has 0 fully saturated rings. The van der Waals surface area contributed by atoms with Gasteiger partial charge in [-0.25, -0.2) is 18.6 Å². The highest BCUT2D eigenvalue weighted by molar-refractivity contribution is 5.87. The van der Waals surface area contributed by atoms with Crippen molar-refractivity contribution < 1.29 is 42.9 Å². The zero-order valence-corrected chi connectivity index (χ0v) is 13.9. The van der Waals surface area contributed by atoms with E-state index in [1.165, 1.54) is 28.6 Å². The summed E-state index contributed by atoms with van der Waals surface area (Å²) >= 11 is 0. The Hall–Kier alpha value is -1.64. The number of benzene rings is 1. The maximum absolute atomic E-state index is 8.49. The summed E-state index contributed by atoms with van der Waals surface area (Å²) in [5, 5.41) is 2.52. The van der Waals surface area contributed by atoms with Gasteiger partial charge in [0.05, 0.1) is 19.6 Å². The van der Waals surface area contributed by atoms with Crippen molar-refractivity contribution in [1.29, 1.82) is 0 Å². The van der Waals surface area contributed by atoms with E-state index in [-0.39, 0.29) is 0 Å². The van der Waals surface area contributed by atoms with Crippen LogP contribution in [-0.4, -0.2) is 14.2 Å². The predicted octanol–water partition coefficient (Wildman–Crippen LogP) is -2.36. The number of hydrogen-bond donors (Lipinski definition) is 0. The van der Waals surface area contributed by atoms with Crippen LogP contribution in [0.3, 0.4) is 0 Å². The molecular weight excluding hydrogens is 326 g/mol. The summed E-state index contributed by atoms with van der Waals surface area (Å²) in [6, 6.07) is 6.40. The molecule has 1 aliphatic heterocycles. The molecule has 2 aromatic rings. The lowest BCUT2D eigenvalue weighted by Gasteiger charge is -2.17. The molecule has 0 unspecified atom stereocenters. The summed E-state index contributed by atoms with van der Waals surface area (Å²) in [4.78, 5) is 0. The zero-order valence-electron chi connectivity index (χ0n) is 13.1. The number of ether oxygens (including phenoxy) is 2. The Morgan fingerprint density at radius 1 is 1.00 bits per heavy atom. The Morgan fingerprint density at radius 2 is 1.57 bits per heavy atom. The lowest BCUT2D eigenvalue weighted by molar-refractivity contribution is -2.00. The van der Waals surface area contributed by atoms with E-state index >= 15 is 0 Å². The molecule has 1 aromatic heterocycles. The number of methoxy groups -OCH3 is 2. The van der Waals surface area contributed by atoms with Gasteiger partial charge in [0, 0.05) is 25.8 Å². The first kappa shape index (κ1) is 17.7. The second-order valence-electron chi connectivity index (χ2n) is 5.16. The third-order valence-electron chi connectivity index (χ3n) is 3.78. The fourth-order valence-corrected chi connectivity index (χ4v) is 2.91. The molecule has 0 bridgehead atoms. The van der Waals surface area contributed by atoms with Crippen LogP contribution in [0, 0.1) is 17.2 Å². The van der Waals surface area contributed by atoms with E-state index in [4.69, 9.17) is 28.1 Å².